The Bertz CT molecular complexity index is 662. The first-order valence-corrected chi connectivity index (χ1v) is 8.48. The summed E-state index contributed by atoms with van der Waals surface area (Å²) < 4.78 is 26.3. The molecule has 0 amide bonds. The number of hydrogen-bond donors (Lipinski definition) is 1. The summed E-state index contributed by atoms with van der Waals surface area (Å²) in [5.74, 6) is 0.531. The van der Waals surface area contributed by atoms with Crippen molar-refractivity contribution in [2.75, 3.05) is 13.1 Å². The van der Waals surface area contributed by atoms with Gasteiger partial charge in [-0.05, 0) is 42.9 Å². The summed E-state index contributed by atoms with van der Waals surface area (Å²) in [7, 11) is -3.39. The Kier molecular flexibility index (Phi) is 4.03. The minimum Gasteiger partial charge on any atom is -0.284 e. The van der Waals surface area contributed by atoms with E-state index in [1.807, 2.05) is 12.1 Å². The van der Waals surface area contributed by atoms with Gasteiger partial charge in [-0.15, -0.1) is 0 Å². The molecule has 0 radical (unpaired) electrons. The number of nitrogens with one attached hydrogen (secondary N) is 1. The third-order valence-electron chi connectivity index (χ3n) is 3.96. The van der Waals surface area contributed by atoms with Crippen molar-refractivity contribution in [2.45, 2.75) is 24.2 Å². The van der Waals surface area contributed by atoms with Crippen LogP contribution in [-0.4, -0.2) is 41.0 Å². The number of aromatic amines is 1. The van der Waals surface area contributed by atoms with E-state index in [9.17, 15) is 8.42 Å². The van der Waals surface area contributed by atoms with Crippen molar-refractivity contribution in [1.29, 1.82) is 0 Å². The molecule has 0 saturated carbocycles. The molecule has 3 heterocycles. The van der Waals surface area contributed by atoms with Gasteiger partial charge in [-0.3, -0.25) is 10.1 Å². The number of aromatic nitrogens is 3. The van der Waals surface area contributed by atoms with Crippen LogP contribution in [0.3, 0.4) is 0 Å². The molecule has 0 unspecified atom stereocenters. The van der Waals surface area contributed by atoms with Crippen molar-refractivity contribution in [3.63, 3.8) is 0 Å². The number of H-pyrrole nitrogens is 1. The van der Waals surface area contributed by atoms with Crippen LogP contribution in [0, 0.1) is 5.92 Å². The van der Waals surface area contributed by atoms with Gasteiger partial charge in [-0.1, -0.05) is 0 Å². The van der Waals surface area contributed by atoms with Gasteiger partial charge in [0.25, 0.3) is 0 Å². The molecule has 112 valence electrons. The summed E-state index contributed by atoms with van der Waals surface area (Å²) in [5.41, 5.74) is 1.26. The normalized spacial score (nSPS) is 17.9. The Morgan fingerprint density at radius 1 is 1.24 bits per heavy atom. The monoisotopic (exact) mass is 306 g/mol. The van der Waals surface area contributed by atoms with Gasteiger partial charge < -0.3 is 0 Å². The van der Waals surface area contributed by atoms with Crippen LogP contribution in [0.15, 0.2) is 41.8 Å². The van der Waals surface area contributed by atoms with Crippen molar-refractivity contribution in [1.82, 2.24) is 19.5 Å². The average molecular weight is 306 g/mol. The first-order chi connectivity index (χ1) is 10.2. The van der Waals surface area contributed by atoms with Crippen molar-refractivity contribution in [2.24, 2.45) is 5.92 Å². The molecule has 3 rings (SSSR count). The fraction of sp³-hybridized carbons (Fsp3) is 0.429. The Morgan fingerprint density at radius 3 is 2.57 bits per heavy atom. The largest absolute Gasteiger partial charge is 0.284 e. The van der Waals surface area contributed by atoms with Crippen LogP contribution in [0.25, 0.3) is 0 Å². The first-order valence-electron chi connectivity index (χ1n) is 7.04. The zero-order valence-electron chi connectivity index (χ0n) is 11.6. The summed E-state index contributed by atoms with van der Waals surface area (Å²) in [6.07, 6.45) is 9.15. The molecule has 0 bridgehead atoms. The minimum absolute atomic E-state index is 0.245. The predicted molar refractivity (Wildman–Crippen MR) is 78.0 cm³/mol. The molecule has 0 spiro atoms. The van der Waals surface area contributed by atoms with E-state index in [2.05, 4.69) is 15.2 Å². The van der Waals surface area contributed by atoms with Crippen LogP contribution in [0.5, 0.6) is 0 Å². The zero-order valence-corrected chi connectivity index (χ0v) is 12.5. The smallest absolute Gasteiger partial charge is 0.246 e. The van der Waals surface area contributed by atoms with Crippen molar-refractivity contribution < 1.29 is 8.42 Å². The lowest BCUT2D eigenvalue weighted by molar-refractivity contribution is 0.273. The lowest BCUT2D eigenvalue weighted by atomic mass is 9.91. The number of pyridine rings is 1. The molecular weight excluding hydrogens is 288 g/mol. The third-order valence-corrected chi connectivity index (χ3v) is 5.82. The second-order valence-corrected chi connectivity index (χ2v) is 7.28. The maximum Gasteiger partial charge on any atom is 0.246 e. The molecule has 1 aliphatic heterocycles. The molecular formula is C14H18N4O2S. The van der Waals surface area contributed by atoms with Gasteiger partial charge in [0.2, 0.25) is 10.0 Å². The fourth-order valence-electron chi connectivity index (χ4n) is 2.74. The second-order valence-electron chi connectivity index (χ2n) is 5.34. The summed E-state index contributed by atoms with van der Waals surface area (Å²) in [4.78, 5) is 4.26. The van der Waals surface area contributed by atoms with Gasteiger partial charge in [0.15, 0.2) is 0 Å². The van der Waals surface area contributed by atoms with Gasteiger partial charge in [0.1, 0.15) is 4.90 Å². The summed E-state index contributed by atoms with van der Waals surface area (Å²) in [6.45, 7) is 1.15. The standard InChI is InChI=1S/C14H18N4O2S/c19-21(20,14-10-16-17-11-14)18-7-3-13(4-8-18)9-12-1-5-15-6-2-12/h1-2,5-6,10-11,13H,3-4,7-9H2,(H,16,17). The SMILES string of the molecule is O=S(=O)(c1cn[nH]c1)N1CCC(Cc2ccncc2)CC1. The van der Waals surface area contributed by atoms with Gasteiger partial charge in [-0.2, -0.15) is 9.40 Å². The van der Waals surface area contributed by atoms with Gasteiger partial charge >= 0.3 is 0 Å². The van der Waals surface area contributed by atoms with Crippen LogP contribution in [0.1, 0.15) is 18.4 Å². The number of rotatable bonds is 4. The van der Waals surface area contributed by atoms with E-state index in [0.717, 1.165) is 19.3 Å². The molecule has 1 aliphatic rings. The molecule has 0 aliphatic carbocycles. The third kappa shape index (κ3) is 3.14. The van der Waals surface area contributed by atoms with E-state index >= 15 is 0 Å². The van der Waals surface area contributed by atoms with Gasteiger partial charge in [0.05, 0.1) is 6.20 Å². The molecule has 2 aromatic heterocycles. The summed E-state index contributed by atoms with van der Waals surface area (Å²) in [6, 6.07) is 4.04. The van der Waals surface area contributed by atoms with Gasteiger partial charge in [0, 0.05) is 31.7 Å². The van der Waals surface area contributed by atoms with E-state index < -0.39 is 10.0 Å². The number of nitrogens with zero attached hydrogens (tertiary/aromatic N) is 3. The average Bonchev–Trinajstić information content (AvgIpc) is 3.04. The lowest BCUT2D eigenvalue weighted by Gasteiger charge is -2.30. The molecule has 1 fully saturated rings. The molecule has 2 aromatic rings. The van der Waals surface area contributed by atoms with Crippen molar-refractivity contribution in [3.05, 3.63) is 42.5 Å². The van der Waals surface area contributed by atoms with Crippen LogP contribution >= 0.6 is 0 Å². The number of hydrogen-bond acceptors (Lipinski definition) is 4. The molecule has 1 saturated heterocycles. The molecule has 0 atom stereocenters. The predicted octanol–water partition coefficient (Wildman–Crippen LogP) is 1.45. The van der Waals surface area contributed by atoms with E-state index in [-0.39, 0.29) is 4.90 Å². The highest BCUT2D eigenvalue weighted by Crippen LogP contribution is 2.25. The van der Waals surface area contributed by atoms with Crippen LogP contribution < -0.4 is 0 Å². The van der Waals surface area contributed by atoms with E-state index in [4.69, 9.17) is 0 Å². The minimum atomic E-state index is -3.39. The van der Waals surface area contributed by atoms with Crippen molar-refractivity contribution >= 4 is 10.0 Å². The highest BCUT2D eigenvalue weighted by molar-refractivity contribution is 7.89. The van der Waals surface area contributed by atoms with Crippen LogP contribution in [0.4, 0.5) is 0 Å². The molecule has 6 nitrogen and oxygen atoms in total. The first kappa shape index (κ1) is 14.2. The Hall–Kier alpha value is -1.73. The number of piperidine rings is 1. The topological polar surface area (TPSA) is 79.0 Å². The summed E-state index contributed by atoms with van der Waals surface area (Å²) in [5, 5.41) is 6.27. The lowest BCUT2D eigenvalue weighted by Crippen LogP contribution is -2.38. The maximum atomic E-state index is 12.4. The summed E-state index contributed by atoms with van der Waals surface area (Å²) >= 11 is 0. The van der Waals surface area contributed by atoms with Crippen LogP contribution in [0.2, 0.25) is 0 Å². The zero-order chi connectivity index (χ0) is 14.7. The quantitative estimate of drug-likeness (QED) is 0.927. The fourth-order valence-corrected chi connectivity index (χ4v) is 4.11. The maximum absolute atomic E-state index is 12.4. The Morgan fingerprint density at radius 2 is 1.95 bits per heavy atom. The molecule has 1 N–H and O–H groups in total. The Balaban J connectivity index is 1.61. The second kappa shape index (κ2) is 5.95. The highest BCUT2D eigenvalue weighted by atomic mass is 32.2. The Labute approximate surface area is 124 Å². The van der Waals surface area contributed by atoms with Gasteiger partial charge in [-0.25, -0.2) is 8.42 Å². The van der Waals surface area contributed by atoms with E-state index in [0.29, 0.717) is 19.0 Å². The molecule has 7 heteroatoms. The molecule has 0 aromatic carbocycles. The van der Waals surface area contributed by atoms with Crippen molar-refractivity contribution in [3.8, 4) is 0 Å². The van der Waals surface area contributed by atoms with E-state index in [1.165, 1.54) is 18.0 Å². The van der Waals surface area contributed by atoms with Crippen LogP contribution in [-0.2, 0) is 16.4 Å². The number of sulfonamides is 1. The van der Waals surface area contributed by atoms with E-state index in [1.54, 1.807) is 16.7 Å². The molecule has 21 heavy (non-hydrogen) atoms. The highest BCUT2D eigenvalue weighted by Gasteiger charge is 2.29.